The van der Waals surface area contributed by atoms with Crippen molar-refractivity contribution in [2.75, 3.05) is 25.5 Å². The quantitative estimate of drug-likeness (QED) is 0.0442. The van der Waals surface area contributed by atoms with Gasteiger partial charge in [0.15, 0.2) is 10.7 Å². The number of carbonyl (C=O) groups excluding carboxylic acids is 4. The molecule has 0 spiro atoms. The average Bonchev–Trinajstić information content (AvgIpc) is 3.86. The minimum atomic E-state index is -1.99. The molecule has 1 saturated heterocycles. The summed E-state index contributed by atoms with van der Waals surface area (Å²) < 4.78 is 22.8. The number of fused-ring (bicyclic) bond motifs is 1. The fourth-order valence-corrected chi connectivity index (χ4v) is 11.3. The number of aryl methyl sites for hydroxylation is 1. The number of anilines is 1. The maximum atomic E-state index is 14.7. The van der Waals surface area contributed by atoms with Gasteiger partial charge in [-0.2, -0.15) is 5.10 Å². The van der Waals surface area contributed by atoms with Crippen LogP contribution in [0.4, 0.5) is 15.8 Å². The summed E-state index contributed by atoms with van der Waals surface area (Å²) in [4.78, 5) is 68.7. The normalized spacial score (nSPS) is 19.7. The number of β-amino-alcohol motifs (C(OH)–C–C–N with tert-alkyl or cyclic N) is 1. The summed E-state index contributed by atoms with van der Waals surface area (Å²) in [6.45, 7) is 14.7. The van der Waals surface area contributed by atoms with E-state index in [1.165, 1.54) is 16.2 Å². The molecule has 6 heterocycles. The fraction of sp³-hybridized carbons (Fsp3) is 0.462. The third-order valence-corrected chi connectivity index (χ3v) is 15.9. The van der Waals surface area contributed by atoms with Gasteiger partial charge >= 0.3 is 0 Å². The number of aliphatic hydroxyl groups is 1. The number of likely N-dealkylation sites (tertiary alicyclic amines) is 1. The Hall–Kier alpha value is -6.89. The third-order valence-electron chi connectivity index (χ3n) is 13.8. The summed E-state index contributed by atoms with van der Waals surface area (Å²) >= 11 is 3.06. The molecule has 0 unspecified atom stereocenters. The minimum Gasteiger partial charge on any atom is -0.493 e. The molecule has 6 aromatic rings. The van der Waals surface area contributed by atoms with Crippen LogP contribution in [0.3, 0.4) is 0 Å². The minimum absolute atomic E-state index is 0.00377. The highest BCUT2D eigenvalue weighted by atomic mass is 32.1. The number of hydrogen-bond acceptors (Lipinski definition) is 14. The number of amides is 4. The lowest BCUT2D eigenvalue weighted by Gasteiger charge is -2.35. The van der Waals surface area contributed by atoms with Gasteiger partial charge in [0, 0.05) is 62.4 Å². The zero-order chi connectivity index (χ0) is 51.6. The van der Waals surface area contributed by atoms with Crippen LogP contribution in [0.15, 0.2) is 60.4 Å². The van der Waals surface area contributed by atoms with Crippen molar-refractivity contribution in [2.24, 2.45) is 5.41 Å². The van der Waals surface area contributed by atoms with Gasteiger partial charge in [0.2, 0.25) is 23.4 Å². The number of pyridine rings is 1. The number of aromatic nitrogens is 6. The number of carbonyl (C=O) groups is 4. The van der Waals surface area contributed by atoms with Crippen LogP contribution in [0.5, 0.6) is 5.75 Å². The Morgan fingerprint density at radius 2 is 1.84 bits per heavy atom. The molecule has 0 radical (unpaired) electrons. The molecule has 0 bridgehead atoms. The smallest absolute Gasteiger partial charge is 0.258 e. The number of hydrogen-bond donors (Lipinski definition) is 5. The van der Waals surface area contributed by atoms with Crippen molar-refractivity contribution in [3.05, 3.63) is 88.1 Å². The molecule has 73 heavy (non-hydrogen) atoms. The number of aliphatic hydroxyl groups excluding tert-OH is 1. The summed E-state index contributed by atoms with van der Waals surface area (Å²) in [6, 6.07) is 11.2. The molecule has 4 amide bonds. The van der Waals surface area contributed by atoms with E-state index in [0.29, 0.717) is 23.4 Å². The van der Waals surface area contributed by atoms with Gasteiger partial charge in [-0.15, -0.1) is 21.5 Å². The summed E-state index contributed by atoms with van der Waals surface area (Å²) in [5, 5.41) is 38.0. The van der Waals surface area contributed by atoms with Crippen molar-refractivity contribution in [3.63, 3.8) is 0 Å². The molecular formula is C52H59FN12O6S2. The zero-order valence-electron chi connectivity index (χ0n) is 41.4. The number of nitrogens with zero attached hydrogens (tertiary/aromatic N) is 8. The number of nitrogens with one attached hydrogen (secondary N) is 4. The number of ether oxygens (including phenoxy) is 1. The topological polar surface area (TPSA) is 222 Å². The predicted molar refractivity (Wildman–Crippen MR) is 276 cm³/mol. The largest absolute Gasteiger partial charge is 0.493 e. The van der Waals surface area contributed by atoms with Gasteiger partial charge in [0.1, 0.15) is 22.8 Å². The van der Waals surface area contributed by atoms with Crippen LogP contribution >= 0.6 is 22.7 Å². The van der Waals surface area contributed by atoms with Crippen molar-refractivity contribution in [2.45, 2.75) is 128 Å². The molecule has 18 nitrogen and oxygen atoms in total. The van der Waals surface area contributed by atoms with E-state index in [1.807, 2.05) is 50.4 Å². The number of thiazole rings is 1. The van der Waals surface area contributed by atoms with Crippen LogP contribution in [0, 0.1) is 18.9 Å². The van der Waals surface area contributed by atoms with Gasteiger partial charge in [-0.1, -0.05) is 44.2 Å². The lowest BCUT2D eigenvalue weighted by molar-refractivity contribution is -0.145. The van der Waals surface area contributed by atoms with E-state index in [0.717, 1.165) is 80.0 Å². The van der Waals surface area contributed by atoms with Crippen LogP contribution in [0.1, 0.15) is 101 Å². The van der Waals surface area contributed by atoms with Gasteiger partial charge in [0.25, 0.3) is 5.91 Å². The Bertz CT molecular complexity index is 3080. The first-order valence-electron chi connectivity index (χ1n) is 24.6. The summed E-state index contributed by atoms with van der Waals surface area (Å²) in [7, 11) is 1.86. The summed E-state index contributed by atoms with van der Waals surface area (Å²) in [6.07, 6.45) is 6.64. The highest BCUT2D eigenvalue weighted by Gasteiger charge is 2.53. The van der Waals surface area contributed by atoms with E-state index in [4.69, 9.17) is 16.3 Å². The Balaban J connectivity index is 0.769. The first kappa shape index (κ1) is 51.0. The van der Waals surface area contributed by atoms with Gasteiger partial charge in [-0.3, -0.25) is 24.2 Å². The Labute approximate surface area is 430 Å². The molecule has 3 fully saturated rings. The summed E-state index contributed by atoms with van der Waals surface area (Å²) in [5.74, 6) is -1.19. The van der Waals surface area contributed by atoms with Gasteiger partial charge in [0.05, 0.1) is 64.0 Å². The van der Waals surface area contributed by atoms with E-state index in [2.05, 4.69) is 46.4 Å². The zero-order valence-corrected chi connectivity index (χ0v) is 43.0. The number of benzene rings is 1. The highest BCUT2D eigenvalue weighted by Crippen LogP contribution is 2.42. The molecule has 382 valence electrons. The Morgan fingerprint density at radius 3 is 2.55 bits per heavy atom. The molecule has 5 aromatic heterocycles. The molecule has 21 heteroatoms. The molecule has 2 aliphatic carbocycles. The molecule has 3 atom stereocenters. The van der Waals surface area contributed by atoms with Crippen LogP contribution in [-0.4, -0.2) is 114 Å². The number of alkyl halides is 1. The standard InChI is InChI=1S/C52H59FN12O6S2/c1-29-44(72-28-58-29)31-9-10-32(24-57-46(68)41-22-36(66)27-64(41)49(69)45(51(2,3)4)61-50(70)52(53)17-18-52)42(20-31)71-19-7-8-43(67)60-33-13-11-30(12-14-33)47-62-63-48(73-47)37-26-56-39(23-38(37)55-6)40-16-15-35-21-34(54-5)25-59-65(35)40/h9-10,15-16,20-21,23,25-26,28,30,33,36,41,45,66H,7-8,11-14,17-19,22,24,27H2,1-4,6H3,(H,55,56)(H,57,68)(H,60,67)(H,61,70)/t30?,33?,36-,41+,45-/m1/s1. The van der Waals surface area contributed by atoms with Crippen molar-refractivity contribution < 1.29 is 33.4 Å². The third kappa shape index (κ3) is 11.4. The van der Waals surface area contributed by atoms with Crippen LogP contribution in [0.25, 0.3) is 42.8 Å². The molecule has 1 aromatic carbocycles. The van der Waals surface area contributed by atoms with Crippen molar-refractivity contribution in [3.8, 4) is 38.1 Å². The van der Waals surface area contributed by atoms with Gasteiger partial charge < -0.3 is 36.0 Å². The van der Waals surface area contributed by atoms with E-state index in [9.17, 15) is 28.7 Å². The molecule has 2 saturated carbocycles. The lowest BCUT2D eigenvalue weighted by atomic mass is 9.85. The molecule has 9 rings (SSSR count). The highest BCUT2D eigenvalue weighted by molar-refractivity contribution is 7.14. The predicted octanol–water partition coefficient (Wildman–Crippen LogP) is 7.55. The second-order valence-corrected chi connectivity index (χ2v) is 22.1. The first-order chi connectivity index (χ1) is 35.0. The summed E-state index contributed by atoms with van der Waals surface area (Å²) in [5.41, 5.74) is 5.94. The SMILES string of the molecule is [C-]#[N+]c1cnn2c(-c3cc(NC)c(-c4nnc(C5CCC(NC(=O)CCCOc6cc(-c7scnc7C)ccc6CNC(=O)[C@@H]6C[C@@H](O)CN6C(=O)[C@@H](NC(=O)C6(F)CC6)C(C)(C)C)CC5)s4)cn3)ccc2c1. The second kappa shape index (κ2) is 21.3. The van der Waals surface area contributed by atoms with E-state index < -0.39 is 47.0 Å². The number of rotatable bonds is 17. The van der Waals surface area contributed by atoms with Crippen LogP contribution in [-0.2, 0) is 25.7 Å². The van der Waals surface area contributed by atoms with Crippen molar-refractivity contribution in [1.82, 2.24) is 50.6 Å². The Kier molecular flexibility index (Phi) is 14.9. The molecule has 3 aliphatic rings. The molecule has 1 aliphatic heterocycles. The Morgan fingerprint density at radius 1 is 1.04 bits per heavy atom. The van der Waals surface area contributed by atoms with Gasteiger partial charge in [-0.05, 0) is 93.2 Å². The first-order valence-corrected chi connectivity index (χ1v) is 26.3. The van der Waals surface area contributed by atoms with E-state index in [1.54, 1.807) is 60.6 Å². The van der Waals surface area contributed by atoms with Gasteiger partial charge in [-0.25, -0.2) is 18.7 Å². The van der Waals surface area contributed by atoms with E-state index in [-0.39, 0.29) is 63.2 Å². The lowest BCUT2D eigenvalue weighted by Crippen LogP contribution is -2.59. The second-order valence-electron chi connectivity index (χ2n) is 20.2. The van der Waals surface area contributed by atoms with Crippen LogP contribution in [0.2, 0.25) is 0 Å². The fourth-order valence-electron chi connectivity index (χ4n) is 9.50. The molecule has 5 N–H and O–H groups in total. The number of halogens is 1. The molecular weight excluding hydrogens is 972 g/mol. The maximum Gasteiger partial charge on any atom is 0.258 e. The van der Waals surface area contributed by atoms with E-state index >= 15 is 0 Å². The van der Waals surface area contributed by atoms with Crippen LogP contribution < -0.4 is 26.0 Å². The monoisotopic (exact) mass is 1030 g/mol. The average molecular weight is 1030 g/mol. The van der Waals surface area contributed by atoms with Crippen molar-refractivity contribution in [1.29, 1.82) is 0 Å². The van der Waals surface area contributed by atoms with Crippen molar-refractivity contribution >= 4 is 63.2 Å². The maximum absolute atomic E-state index is 14.7.